The maximum absolute atomic E-state index is 13.3. The van der Waals surface area contributed by atoms with Crippen molar-refractivity contribution in [2.24, 2.45) is 0 Å². The summed E-state index contributed by atoms with van der Waals surface area (Å²) in [5, 5.41) is 16.5. The van der Waals surface area contributed by atoms with Crippen molar-refractivity contribution < 1.29 is 14.3 Å². The summed E-state index contributed by atoms with van der Waals surface area (Å²) in [7, 11) is 0. The molecular weight excluding hydrogens is 699 g/mol. The Morgan fingerprint density at radius 2 is 1.30 bits per heavy atom. The maximum Gasteiger partial charge on any atom is 0.358 e. The van der Waals surface area contributed by atoms with Gasteiger partial charge in [-0.2, -0.15) is 0 Å². The van der Waals surface area contributed by atoms with Gasteiger partial charge in [-0.05, 0) is 64.1 Å². The van der Waals surface area contributed by atoms with Crippen LogP contribution in [0.25, 0.3) is 22.5 Å². The largest absolute Gasteiger partial charge is 0.461 e. The second-order valence-corrected chi connectivity index (χ2v) is 13.5. The summed E-state index contributed by atoms with van der Waals surface area (Å²) >= 11 is 0. The number of imidazole rings is 1. The first-order valence-corrected chi connectivity index (χ1v) is 18.7. The van der Waals surface area contributed by atoms with Gasteiger partial charge in [0.15, 0.2) is 17.3 Å². The highest BCUT2D eigenvalue weighted by Crippen LogP contribution is 2.43. The molecule has 0 spiro atoms. The van der Waals surface area contributed by atoms with E-state index < -0.39 is 17.4 Å². The van der Waals surface area contributed by atoms with Crippen LogP contribution in [-0.4, -0.2) is 48.2 Å². The van der Waals surface area contributed by atoms with Crippen LogP contribution in [0, 0.1) is 0 Å². The summed E-state index contributed by atoms with van der Waals surface area (Å²) in [4.78, 5) is 30.7. The zero-order valence-electron chi connectivity index (χ0n) is 31.7. The van der Waals surface area contributed by atoms with E-state index in [1.165, 1.54) is 0 Å². The van der Waals surface area contributed by atoms with Gasteiger partial charge in [0.1, 0.15) is 11.4 Å². The van der Waals surface area contributed by atoms with E-state index in [0.717, 1.165) is 45.4 Å². The zero-order chi connectivity index (χ0) is 39.1. The molecule has 0 aliphatic rings. The Hall–Kier alpha value is -6.94. The minimum Gasteiger partial charge on any atom is -0.461 e. The number of hydrogen-bond donors (Lipinski definition) is 1. The Morgan fingerprint density at radius 1 is 0.750 bits per heavy atom. The number of benzene rings is 5. The molecule has 56 heavy (non-hydrogen) atoms. The van der Waals surface area contributed by atoms with E-state index >= 15 is 0 Å². The van der Waals surface area contributed by atoms with Crippen LogP contribution in [0.3, 0.4) is 0 Å². The number of tetrazole rings is 1. The van der Waals surface area contributed by atoms with E-state index in [-0.39, 0.29) is 18.1 Å². The highest BCUT2D eigenvalue weighted by Gasteiger charge is 2.42. The fraction of sp³-hybridized carbons (Fsp3) is 0.174. The molecule has 2 heterocycles. The van der Waals surface area contributed by atoms with Crippen LogP contribution < -0.4 is 5.32 Å². The van der Waals surface area contributed by atoms with E-state index in [1.807, 2.05) is 101 Å². The van der Waals surface area contributed by atoms with Crippen LogP contribution in [0.5, 0.6) is 0 Å². The highest BCUT2D eigenvalue weighted by molar-refractivity contribution is 6.05. The number of carbonyl (C=O) groups is 2. The number of aromatic nitrogens is 6. The normalized spacial score (nSPS) is 11.3. The van der Waals surface area contributed by atoms with E-state index in [1.54, 1.807) is 13.8 Å². The summed E-state index contributed by atoms with van der Waals surface area (Å²) in [6.07, 6.45) is 1.40. The molecule has 1 N–H and O–H groups in total. The second kappa shape index (κ2) is 16.6. The molecule has 10 heteroatoms. The van der Waals surface area contributed by atoms with Crippen molar-refractivity contribution in [3.63, 3.8) is 0 Å². The molecule has 0 aliphatic heterocycles. The van der Waals surface area contributed by atoms with Gasteiger partial charge in [-0.3, -0.25) is 4.79 Å². The molecule has 10 nitrogen and oxygen atoms in total. The third-order valence-corrected chi connectivity index (χ3v) is 9.74. The number of esters is 1. The summed E-state index contributed by atoms with van der Waals surface area (Å²) in [6.45, 7) is 9.65. The second-order valence-electron chi connectivity index (χ2n) is 13.5. The van der Waals surface area contributed by atoms with Gasteiger partial charge in [-0.1, -0.05) is 153 Å². The average Bonchev–Trinajstić information content (AvgIpc) is 3.85. The van der Waals surface area contributed by atoms with Gasteiger partial charge in [-0.25, -0.2) is 14.5 Å². The summed E-state index contributed by atoms with van der Waals surface area (Å²) < 4.78 is 9.21. The average molecular weight is 742 g/mol. The van der Waals surface area contributed by atoms with Gasteiger partial charge in [0.2, 0.25) is 0 Å². The Labute approximate surface area is 326 Å². The van der Waals surface area contributed by atoms with Gasteiger partial charge >= 0.3 is 5.97 Å². The molecule has 0 radical (unpaired) electrons. The molecule has 7 aromatic rings. The van der Waals surface area contributed by atoms with Crippen molar-refractivity contribution in [3.8, 4) is 22.5 Å². The van der Waals surface area contributed by atoms with E-state index in [2.05, 4.69) is 76.7 Å². The van der Waals surface area contributed by atoms with Crippen molar-refractivity contribution in [3.05, 3.63) is 185 Å². The SMILES string of the molecule is C=C(C)C(=O)Nc1nc(CCC)n(Cc2ccc(-c3ccccc3-c3nnnn3C(c3ccccc3)(c3ccccc3)c3ccccc3)cc2)c1C(=O)OCC. The Kier molecular flexibility index (Phi) is 11.1. The molecule has 0 saturated heterocycles. The monoisotopic (exact) mass is 741 g/mol. The van der Waals surface area contributed by atoms with Crippen LogP contribution in [0.15, 0.2) is 152 Å². The lowest BCUT2D eigenvalue weighted by molar-refractivity contribution is -0.112. The number of ether oxygens (including phenoxy) is 1. The van der Waals surface area contributed by atoms with E-state index in [9.17, 15) is 9.59 Å². The van der Waals surface area contributed by atoms with Gasteiger partial charge in [0, 0.05) is 24.1 Å². The van der Waals surface area contributed by atoms with Crippen molar-refractivity contribution in [1.82, 2.24) is 29.8 Å². The van der Waals surface area contributed by atoms with Crippen molar-refractivity contribution in [1.29, 1.82) is 0 Å². The van der Waals surface area contributed by atoms with Crippen molar-refractivity contribution in [2.75, 3.05) is 11.9 Å². The number of nitrogens with one attached hydrogen (secondary N) is 1. The lowest BCUT2D eigenvalue weighted by Crippen LogP contribution is -2.39. The molecule has 0 aliphatic carbocycles. The molecule has 1 amide bonds. The third-order valence-electron chi connectivity index (χ3n) is 9.74. The summed E-state index contributed by atoms with van der Waals surface area (Å²) in [5.74, 6) is 0.478. The van der Waals surface area contributed by atoms with Crippen LogP contribution in [0.1, 0.15) is 65.8 Å². The van der Waals surface area contributed by atoms with Crippen LogP contribution in [0.2, 0.25) is 0 Å². The van der Waals surface area contributed by atoms with E-state index in [0.29, 0.717) is 30.2 Å². The van der Waals surface area contributed by atoms with Crippen LogP contribution >= 0.6 is 0 Å². The Balaban J connectivity index is 1.32. The van der Waals surface area contributed by atoms with Gasteiger partial charge in [-0.15, -0.1) is 5.10 Å². The summed E-state index contributed by atoms with van der Waals surface area (Å²) in [6, 6.07) is 47.3. The smallest absolute Gasteiger partial charge is 0.358 e. The molecule has 280 valence electrons. The fourth-order valence-electron chi connectivity index (χ4n) is 7.18. The molecule has 0 saturated carbocycles. The van der Waals surface area contributed by atoms with Gasteiger partial charge in [0.25, 0.3) is 5.91 Å². The van der Waals surface area contributed by atoms with Crippen LogP contribution in [-0.2, 0) is 28.0 Å². The first-order valence-electron chi connectivity index (χ1n) is 18.7. The third kappa shape index (κ3) is 7.16. The number of rotatable bonds is 14. The quantitative estimate of drug-likeness (QED) is 0.0673. The lowest BCUT2D eigenvalue weighted by Gasteiger charge is -2.36. The van der Waals surface area contributed by atoms with Crippen LogP contribution in [0.4, 0.5) is 5.82 Å². The van der Waals surface area contributed by atoms with E-state index in [4.69, 9.17) is 15.0 Å². The topological polar surface area (TPSA) is 117 Å². The number of carbonyl (C=O) groups excluding carboxylic acids is 2. The fourth-order valence-corrected chi connectivity index (χ4v) is 7.18. The van der Waals surface area contributed by atoms with Gasteiger partial charge in [0.05, 0.1) is 6.61 Å². The highest BCUT2D eigenvalue weighted by atomic mass is 16.5. The minimum atomic E-state index is -0.903. The Bertz CT molecular complexity index is 2360. The number of nitrogens with zero attached hydrogens (tertiary/aromatic N) is 6. The first kappa shape index (κ1) is 37.4. The predicted octanol–water partition coefficient (Wildman–Crippen LogP) is 8.74. The van der Waals surface area contributed by atoms with Gasteiger partial charge < -0.3 is 14.6 Å². The molecule has 2 aromatic heterocycles. The first-order chi connectivity index (χ1) is 27.4. The number of amides is 1. The predicted molar refractivity (Wildman–Crippen MR) is 218 cm³/mol. The molecule has 0 bridgehead atoms. The molecule has 0 fully saturated rings. The molecule has 5 aromatic carbocycles. The Morgan fingerprint density at radius 3 is 1.84 bits per heavy atom. The molecular formula is C46H43N7O3. The summed E-state index contributed by atoms with van der Waals surface area (Å²) in [5.41, 5.74) is 6.35. The molecule has 7 rings (SSSR count). The minimum absolute atomic E-state index is 0.167. The molecule has 0 unspecified atom stereocenters. The van der Waals surface area contributed by atoms with Crippen molar-refractivity contribution in [2.45, 2.75) is 45.7 Å². The standard InChI is InChI=1S/C46H43N7O3/c1-5-18-40-47-42(48-44(54)32(3)4)41(45(55)56-6-2)52(40)31-33-27-29-34(30-28-33)38-25-16-17-26-39(38)43-49-50-51-53(43)46(35-19-10-7-11-20-35,36-21-12-8-13-22-36)37-23-14-9-15-24-37/h7-17,19-30H,3,5-6,18,31H2,1-2,4H3,(H,48,54). The van der Waals surface area contributed by atoms with Crippen molar-refractivity contribution >= 4 is 17.7 Å². The lowest BCUT2D eigenvalue weighted by atomic mass is 9.77. The zero-order valence-corrected chi connectivity index (χ0v) is 31.7. The number of aryl methyl sites for hydroxylation is 1. The number of anilines is 1. The maximum atomic E-state index is 13.3. The molecule has 0 atom stereocenters. The number of hydrogen-bond acceptors (Lipinski definition) is 7.